The average Bonchev–Trinajstić information content (AvgIpc) is 3.47. The number of nitrogens with zero attached hydrogens (tertiary/aromatic N) is 3. The van der Waals surface area contributed by atoms with E-state index in [0.717, 1.165) is 15.3 Å². The van der Waals surface area contributed by atoms with E-state index >= 15 is 0 Å². The molecule has 3 heterocycles. The largest absolute Gasteiger partial charge is 0.352 e. The van der Waals surface area contributed by atoms with Crippen molar-refractivity contribution in [3.63, 3.8) is 0 Å². The SMILES string of the molecule is Cc1cc(C2C(c3ccccn3)NC(=S)N2C2CCCC2)c(C)n1-c1ccccc1Br. The first-order valence-corrected chi connectivity index (χ1v) is 12.2. The van der Waals surface area contributed by atoms with E-state index in [9.17, 15) is 0 Å². The van der Waals surface area contributed by atoms with Gasteiger partial charge in [0.15, 0.2) is 5.11 Å². The molecule has 2 aromatic heterocycles. The van der Waals surface area contributed by atoms with Gasteiger partial charge in [-0.05, 0) is 90.7 Å². The van der Waals surface area contributed by atoms with Gasteiger partial charge in [-0.25, -0.2) is 0 Å². The fourth-order valence-corrected chi connectivity index (χ4v) is 6.22. The summed E-state index contributed by atoms with van der Waals surface area (Å²) in [6, 6.07) is 17.6. The van der Waals surface area contributed by atoms with Crippen LogP contribution in [0, 0.1) is 13.8 Å². The van der Waals surface area contributed by atoms with Gasteiger partial charge in [0.1, 0.15) is 0 Å². The van der Waals surface area contributed by atoms with Crippen molar-refractivity contribution in [2.75, 3.05) is 0 Å². The number of hydrogen-bond donors (Lipinski definition) is 1. The lowest BCUT2D eigenvalue weighted by Gasteiger charge is -2.33. The van der Waals surface area contributed by atoms with Crippen molar-refractivity contribution in [2.45, 2.75) is 57.7 Å². The molecule has 1 saturated carbocycles. The summed E-state index contributed by atoms with van der Waals surface area (Å²) in [4.78, 5) is 7.18. The summed E-state index contributed by atoms with van der Waals surface area (Å²) in [7, 11) is 0. The van der Waals surface area contributed by atoms with Crippen molar-refractivity contribution in [3.05, 3.63) is 81.8 Å². The standard InChI is InChI=1S/C25H27BrN4S/c1-16-15-19(17(2)29(16)22-13-6-5-11-20(22)26)24-23(21-12-7-8-14-27-21)28-25(31)30(24)18-9-3-4-10-18/h5-8,11-15,18,23-24H,3-4,9-10H2,1-2H3,(H,28,31). The van der Waals surface area contributed by atoms with Crippen molar-refractivity contribution in [2.24, 2.45) is 0 Å². The average molecular weight is 495 g/mol. The summed E-state index contributed by atoms with van der Waals surface area (Å²) in [6.45, 7) is 4.41. The van der Waals surface area contributed by atoms with E-state index < -0.39 is 0 Å². The van der Waals surface area contributed by atoms with Gasteiger partial charge in [0.2, 0.25) is 0 Å². The van der Waals surface area contributed by atoms with Crippen molar-refractivity contribution < 1.29 is 0 Å². The number of pyridine rings is 1. The molecule has 5 rings (SSSR count). The molecule has 1 aromatic carbocycles. The molecule has 1 aliphatic carbocycles. The summed E-state index contributed by atoms with van der Waals surface area (Å²) in [5, 5.41) is 4.49. The molecule has 1 N–H and O–H groups in total. The number of halogens is 1. The molecule has 2 unspecified atom stereocenters. The smallest absolute Gasteiger partial charge is 0.170 e. The van der Waals surface area contributed by atoms with Crippen molar-refractivity contribution >= 4 is 33.3 Å². The third kappa shape index (κ3) is 3.60. The lowest BCUT2D eigenvalue weighted by molar-refractivity contribution is 0.245. The predicted molar refractivity (Wildman–Crippen MR) is 132 cm³/mol. The number of hydrogen-bond acceptors (Lipinski definition) is 2. The topological polar surface area (TPSA) is 33.1 Å². The molecular weight excluding hydrogens is 468 g/mol. The Balaban J connectivity index is 1.65. The Morgan fingerprint density at radius 1 is 1.06 bits per heavy atom. The van der Waals surface area contributed by atoms with Gasteiger partial charge in [0.25, 0.3) is 0 Å². The molecule has 1 aliphatic heterocycles. The number of aromatic nitrogens is 2. The number of benzene rings is 1. The third-order valence-electron chi connectivity index (χ3n) is 6.74. The Morgan fingerprint density at radius 2 is 1.81 bits per heavy atom. The number of aryl methyl sites for hydroxylation is 1. The third-order valence-corrected chi connectivity index (χ3v) is 7.73. The number of rotatable bonds is 4. The quantitative estimate of drug-likeness (QED) is 0.439. The zero-order valence-corrected chi connectivity index (χ0v) is 20.3. The Morgan fingerprint density at radius 3 is 2.52 bits per heavy atom. The van der Waals surface area contributed by atoms with Crippen LogP contribution < -0.4 is 5.32 Å². The summed E-state index contributed by atoms with van der Waals surface area (Å²) in [5.74, 6) is 0. The fraction of sp³-hybridized carbons (Fsp3) is 0.360. The van der Waals surface area contributed by atoms with E-state index in [1.165, 1.54) is 48.3 Å². The first-order chi connectivity index (χ1) is 15.1. The van der Waals surface area contributed by atoms with Gasteiger partial charge in [0.05, 0.1) is 23.5 Å². The normalized spacial score (nSPS) is 21.6. The molecule has 0 bridgehead atoms. The van der Waals surface area contributed by atoms with Crippen molar-refractivity contribution in [1.29, 1.82) is 0 Å². The van der Waals surface area contributed by atoms with Gasteiger partial charge < -0.3 is 14.8 Å². The minimum atomic E-state index is 0.0439. The molecular formula is C25H27BrN4S. The predicted octanol–water partition coefficient (Wildman–Crippen LogP) is 6.17. The number of thiocarbonyl (C=S) groups is 1. The molecule has 2 fully saturated rings. The van der Waals surface area contributed by atoms with Crippen LogP contribution in [0.2, 0.25) is 0 Å². The molecule has 3 aromatic rings. The summed E-state index contributed by atoms with van der Waals surface area (Å²) >= 11 is 9.64. The van der Waals surface area contributed by atoms with Gasteiger partial charge in [-0.1, -0.05) is 31.0 Å². The first kappa shape index (κ1) is 20.7. The summed E-state index contributed by atoms with van der Waals surface area (Å²) in [5.41, 5.74) is 6.01. The Labute approximate surface area is 197 Å². The summed E-state index contributed by atoms with van der Waals surface area (Å²) < 4.78 is 3.45. The molecule has 2 atom stereocenters. The molecule has 1 saturated heterocycles. The molecule has 2 aliphatic rings. The van der Waals surface area contributed by atoms with Gasteiger partial charge in [0, 0.05) is 28.1 Å². The van der Waals surface area contributed by atoms with Crippen LogP contribution in [0.4, 0.5) is 0 Å². The van der Waals surface area contributed by atoms with Crippen LogP contribution in [0.15, 0.2) is 59.2 Å². The molecule has 6 heteroatoms. The van der Waals surface area contributed by atoms with E-state index in [1.807, 2.05) is 12.3 Å². The molecule has 31 heavy (non-hydrogen) atoms. The van der Waals surface area contributed by atoms with Crippen LogP contribution in [0.3, 0.4) is 0 Å². The van der Waals surface area contributed by atoms with Gasteiger partial charge >= 0.3 is 0 Å². The highest BCUT2D eigenvalue weighted by Gasteiger charge is 2.44. The Hall–Kier alpha value is -2.18. The maximum atomic E-state index is 5.90. The Bertz CT molecular complexity index is 1100. The van der Waals surface area contributed by atoms with E-state index in [1.54, 1.807) is 0 Å². The van der Waals surface area contributed by atoms with Gasteiger partial charge in [-0.15, -0.1) is 0 Å². The van der Waals surface area contributed by atoms with Crippen LogP contribution in [0.1, 0.15) is 60.4 Å². The maximum Gasteiger partial charge on any atom is 0.170 e. The van der Waals surface area contributed by atoms with Crippen LogP contribution in [-0.2, 0) is 0 Å². The minimum absolute atomic E-state index is 0.0439. The van der Waals surface area contributed by atoms with Crippen LogP contribution in [-0.4, -0.2) is 25.6 Å². The Kier molecular flexibility index (Phi) is 5.61. The van der Waals surface area contributed by atoms with Crippen LogP contribution >= 0.6 is 28.1 Å². The van der Waals surface area contributed by atoms with Gasteiger partial charge in [-0.3, -0.25) is 4.98 Å². The monoisotopic (exact) mass is 494 g/mol. The van der Waals surface area contributed by atoms with E-state index in [2.05, 4.69) is 87.0 Å². The molecule has 0 radical (unpaired) electrons. The van der Waals surface area contributed by atoms with E-state index in [4.69, 9.17) is 17.2 Å². The molecule has 0 spiro atoms. The maximum absolute atomic E-state index is 5.90. The van der Waals surface area contributed by atoms with Crippen LogP contribution in [0.5, 0.6) is 0 Å². The fourth-order valence-electron chi connectivity index (χ4n) is 5.36. The lowest BCUT2D eigenvalue weighted by Crippen LogP contribution is -2.37. The van der Waals surface area contributed by atoms with Gasteiger partial charge in [-0.2, -0.15) is 0 Å². The minimum Gasteiger partial charge on any atom is -0.352 e. The van der Waals surface area contributed by atoms with Crippen molar-refractivity contribution in [1.82, 2.24) is 19.8 Å². The zero-order valence-electron chi connectivity index (χ0n) is 17.9. The summed E-state index contributed by atoms with van der Waals surface area (Å²) in [6.07, 6.45) is 6.84. The lowest BCUT2D eigenvalue weighted by atomic mass is 9.95. The van der Waals surface area contributed by atoms with Crippen molar-refractivity contribution in [3.8, 4) is 5.69 Å². The zero-order chi connectivity index (χ0) is 21.5. The highest BCUT2D eigenvalue weighted by molar-refractivity contribution is 9.10. The highest BCUT2D eigenvalue weighted by atomic mass is 79.9. The number of nitrogens with one attached hydrogen (secondary N) is 1. The second-order valence-electron chi connectivity index (χ2n) is 8.59. The second kappa shape index (κ2) is 8.40. The van der Waals surface area contributed by atoms with E-state index in [0.29, 0.717) is 6.04 Å². The highest BCUT2D eigenvalue weighted by Crippen LogP contribution is 2.45. The van der Waals surface area contributed by atoms with Crippen LogP contribution in [0.25, 0.3) is 5.69 Å². The molecule has 0 amide bonds. The second-order valence-corrected chi connectivity index (χ2v) is 9.83. The number of para-hydroxylation sites is 1. The molecule has 4 nitrogen and oxygen atoms in total. The van der Waals surface area contributed by atoms with E-state index in [-0.39, 0.29) is 12.1 Å². The first-order valence-electron chi connectivity index (χ1n) is 11.0. The molecule has 160 valence electrons.